The van der Waals surface area contributed by atoms with Gasteiger partial charge in [-0.2, -0.15) is 0 Å². The molecule has 0 aliphatic rings. The molecule has 1 aromatic carbocycles. The Balaban J connectivity index is 2.12. The van der Waals surface area contributed by atoms with Crippen molar-refractivity contribution in [2.75, 3.05) is 12.4 Å². The number of anilines is 1. The molecule has 3 heterocycles. The molecule has 0 aliphatic carbocycles. The topological polar surface area (TPSA) is 59.8 Å². The highest BCUT2D eigenvalue weighted by Crippen LogP contribution is 2.34. The lowest BCUT2D eigenvalue weighted by atomic mass is 10.2. The molecular weight excluding hydrogens is 332 g/mol. The van der Waals surface area contributed by atoms with Gasteiger partial charge in [-0.15, -0.1) is 11.3 Å². The molecular formula is C19H18N4OS. The average Bonchev–Trinajstić information content (AvgIpc) is 3.01. The van der Waals surface area contributed by atoms with E-state index in [1.807, 2.05) is 51.2 Å². The third-order valence-electron chi connectivity index (χ3n) is 4.34. The summed E-state index contributed by atoms with van der Waals surface area (Å²) in [5, 5.41) is 4.10. The maximum atomic E-state index is 13.2. The van der Waals surface area contributed by atoms with E-state index in [9.17, 15) is 4.79 Å². The number of benzene rings is 1. The fourth-order valence-corrected chi connectivity index (χ4v) is 4.10. The molecule has 4 rings (SSSR count). The van der Waals surface area contributed by atoms with Crippen LogP contribution in [0, 0.1) is 6.92 Å². The van der Waals surface area contributed by atoms with Gasteiger partial charge >= 0.3 is 0 Å². The lowest BCUT2D eigenvalue weighted by Gasteiger charge is -2.11. The number of rotatable bonds is 3. The highest BCUT2D eigenvalue weighted by molar-refractivity contribution is 7.25. The first kappa shape index (κ1) is 15.8. The zero-order valence-corrected chi connectivity index (χ0v) is 15.1. The summed E-state index contributed by atoms with van der Waals surface area (Å²) in [4.78, 5) is 23.3. The molecule has 126 valence electrons. The van der Waals surface area contributed by atoms with Crippen molar-refractivity contribution in [2.45, 2.75) is 20.3 Å². The SMILES string of the molecule is CCc1nc2c(sc3nccc(NC)c32)c(=O)n1-c1ccc(C)cc1. The van der Waals surface area contributed by atoms with Crippen LogP contribution in [0.4, 0.5) is 5.69 Å². The van der Waals surface area contributed by atoms with E-state index in [0.29, 0.717) is 11.1 Å². The van der Waals surface area contributed by atoms with Crippen LogP contribution >= 0.6 is 11.3 Å². The van der Waals surface area contributed by atoms with E-state index in [1.54, 1.807) is 10.8 Å². The quantitative estimate of drug-likeness (QED) is 0.609. The van der Waals surface area contributed by atoms with Gasteiger partial charge < -0.3 is 5.32 Å². The average molecular weight is 350 g/mol. The zero-order valence-electron chi connectivity index (χ0n) is 14.3. The molecule has 6 heteroatoms. The fraction of sp³-hybridized carbons (Fsp3) is 0.211. The molecule has 0 aliphatic heterocycles. The number of aromatic nitrogens is 3. The zero-order chi connectivity index (χ0) is 17.6. The molecule has 0 amide bonds. The van der Waals surface area contributed by atoms with Gasteiger partial charge in [0, 0.05) is 25.4 Å². The Morgan fingerprint density at radius 2 is 1.96 bits per heavy atom. The largest absolute Gasteiger partial charge is 0.387 e. The van der Waals surface area contributed by atoms with Crippen LogP contribution < -0.4 is 10.9 Å². The summed E-state index contributed by atoms with van der Waals surface area (Å²) in [6.45, 7) is 4.05. The number of pyridine rings is 1. The minimum atomic E-state index is -0.0317. The summed E-state index contributed by atoms with van der Waals surface area (Å²) in [6, 6.07) is 9.86. The van der Waals surface area contributed by atoms with E-state index in [4.69, 9.17) is 4.98 Å². The van der Waals surface area contributed by atoms with Gasteiger partial charge in [0.2, 0.25) is 0 Å². The van der Waals surface area contributed by atoms with Gasteiger partial charge in [-0.25, -0.2) is 9.97 Å². The molecule has 1 N–H and O–H groups in total. The molecule has 0 atom stereocenters. The van der Waals surface area contributed by atoms with Crippen LogP contribution in [0.3, 0.4) is 0 Å². The fourth-order valence-electron chi connectivity index (χ4n) is 3.06. The Bertz CT molecular complexity index is 1140. The predicted octanol–water partition coefficient (Wildman–Crippen LogP) is 3.91. The van der Waals surface area contributed by atoms with E-state index < -0.39 is 0 Å². The normalized spacial score (nSPS) is 11.3. The van der Waals surface area contributed by atoms with Gasteiger partial charge in [-0.1, -0.05) is 24.6 Å². The summed E-state index contributed by atoms with van der Waals surface area (Å²) in [6.07, 6.45) is 2.42. The standard InChI is InChI=1S/C19H18N4OS/c1-4-14-22-16-15-13(20-3)9-10-21-18(15)25-17(16)19(24)23(14)12-7-5-11(2)6-8-12/h5-10H,4H2,1-3H3,(H,20,21). The summed E-state index contributed by atoms with van der Waals surface area (Å²) in [5.74, 6) is 0.756. The van der Waals surface area contributed by atoms with Crippen LogP contribution in [0.5, 0.6) is 0 Å². The monoisotopic (exact) mass is 350 g/mol. The van der Waals surface area contributed by atoms with Gasteiger partial charge in [-0.3, -0.25) is 9.36 Å². The number of thiophene rings is 1. The minimum absolute atomic E-state index is 0.0317. The second-order valence-electron chi connectivity index (χ2n) is 5.93. The van der Waals surface area contributed by atoms with Crippen molar-refractivity contribution in [3.63, 3.8) is 0 Å². The van der Waals surface area contributed by atoms with Gasteiger partial charge in [0.25, 0.3) is 5.56 Å². The number of aryl methyl sites for hydroxylation is 2. The van der Waals surface area contributed by atoms with Crippen LogP contribution in [0.15, 0.2) is 41.3 Å². The molecule has 0 spiro atoms. The van der Waals surface area contributed by atoms with Crippen LogP contribution in [0.25, 0.3) is 26.1 Å². The van der Waals surface area contributed by atoms with E-state index >= 15 is 0 Å². The molecule has 0 fully saturated rings. The van der Waals surface area contributed by atoms with E-state index in [1.165, 1.54) is 11.3 Å². The van der Waals surface area contributed by atoms with E-state index in [0.717, 1.165) is 38.5 Å². The maximum absolute atomic E-state index is 13.2. The number of hydrogen-bond acceptors (Lipinski definition) is 5. The summed E-state index contributed by atoms with van der Waals surface area (Å²) in [5.41, 5.74) is 3.66. The third kappa shape index (κ3) is 2.41. The summed E-state index contributed by atoms with van der Waals surface area (Å²) in [7, 11) is 1.87. The highest BCUT2D eigenvalue weighted by Gasteiger charge is 2.18. The second kappa shape index (κ2) is 5.97. The van der Waals surface area contributed by atoms with Crippen molar-refractivity contribution < 1.29 is 0 Å². The minimum Gasteiger partial charge on any atom is -0.387 e. The van der Waals surface area contributed by atoms with Crippen LogP contribution in [-0.2, 0) is 6.42 Å². The number of nitrogens with zero attached hydrogens (tertiary/aromatic N) is 3. The molecule has 0 unspecified atom stereocenters. The second-order valence-corrected chi connectivity index (χ2v) is 6.93. The number of hydrogen-bond donors (Lipinski definition) is 1. The van der Waals surface area contributed by atoms with Crippen molar-refractivity contribution in [2.24, 2.45) is 0 Å². The first-order valence-electron chi connectivity index (χ1n) is 8.22. The van der Waals surface area contributed by atoms with Crippen molar-refractivity contribution >= 4 is 37.5 Å². The smallest absolute Gasteiger partial charge is 0.276 e. The van der Waals surface area contributed by atoms with Crippen molar-refractivity contribution in [3.05, 3.63) is 58.3 Å². The Labute approximate surface area is 149 Å². The Morgan fingerprint density at radius 1 is 1.20 bits per heavy atom. The van der Waals surface area contributed by atoms with Crippen LogP contribution in [-0.4, -0.2) is 21.6 Å². The molecule has 5 nitrogen and oxygen atoms in total. The van der Waals surface area contributed by atoms with E-state index in [2.05, 4.69) is 10.3 Å². The van der Waals surface area contributed by atoms with Crippen LogP contribution in [0.2, 0.25) is 0 Å². The van der Waals surface area contributed by atoms with E-state index in [-0.39, 0.29) is 5.56 Å². The molecule has 0 radical (unpaired) electrons. The van der Waals surface area contributed by atoms with Crippen molar-refractivity contribution in [1.29, 1.82) is 0 Å². The van der Waals surface area contributed by atoms with Gasteiger partial charge in [0.05, 0.1) is 11.1 Å². The van der Waals surface area contributed by atoms with Gasteiger partial charge in [-0.05, 0) is 25.1 Å². The molecule has 25 heavy (non-hydrogen) atoms. The number of nitrogens with one attached hydrogen (secondary N) is 1. The molecule has 0 saturated carbocycles. The maximum Gasteiger partial charge on any atom is 0.276 e. The molecule has 0 bridgehead atoms. The summed E-state index contributed by atoms with van der Waals surface area (Å²) >= 11 is 1.40. The molecule has 4 aromatic rings. The third-order valence-corrected chi connectivity index (χ3v) is 5.42. The Hall–Kier alpha value is -2.73. The van der Waals surface area contributed by atoms with Crippen LogP contribution in [0.1, 0.15) is 18.3 Å². The van der Waals surface area contributed by atoms with Crippen molar-refractivity contribution in [3.8, 4) is 5.69 Å². The first-order valence-corrected chi connectivity index (χ1v) is 9.03. The highest BCUT2D eigenvalue weighted by atomic mass is 32.1. The Morgan fingerprint density at radius 3 is 2.64 bits per heavy atom. The number of fused-ring (bicyclic) bond motifs is 3. The van der Waals surface area contributed by atoms with Gasteiger partial charge in [0.1, 0.15) is 20.9 Å². The predicted molar refractivity (Wildman–Crippen MR) is 104 cm³/mol. The Kier molecular flexibility index (Phi) is 3.77. The lowest BCUT2D eigenvalue weighted by Crippen LogP contribution is -2.22. The van der Waals surface area contributed by atoms with Gasteiger partial charge in [0.15, 0.2) is 0 Å². The molecule has 0 saturated heterocycles. The first-order chi connectivity index (χ1) is 12.1. The lowest BCUT2D eigenvalue weighted by molar-refractivity contribution is 0.836. The van der Waals surface area contributed by atoms with Crippen molar-refractivity contribution in [1.82, 2.24) is 14.5 Å². The summed E-state index contributed by atoms with van der Waals surface area (Å²) < 4.78 is 2.36. The molecule has 3 aromatic heterocycles.